The van der Waals surface area contributed by atoms with Gasteiger partial charge in [0, 0.05) is 13.0 Å². The van der Waals surface area contributed by atoms with Gasteiger partial charge in [-0.15, -0.1) is 0 Å². The van der Waals surface area contributed by atoms with Crippen molar-refractivity contribution in [3.05, 3.63) is 0 Å². The Morgan fingerprint density at radius 2 is 2.25 bits per heavy atom. The molecule has 0 unspecified atom stereocenters. The summed E-state index contributed by atoms with van der Waals surface area (Å²) in [6.45, 7) is 3.61. The lowest BCUT2D eigenvalue weighted by Gasteiger charge is -2.04. The minimum atomic E-state index is -0.0899. The average molecular weight is 169 g/mol. The van der Waals surface area contributed by atoms with Gasteiger partial charge in [-0.1, -0.05) is 18.9 Å². The van der Waals surface area contributed by atoms with Crippen molar-refractivity contribution >= 4 is 11.9 Å². The van der Waals surface area contributed by atoms with Crippen LogP contribution in [0.4, 0.5) is 5.95 Å². The highest BCUT2D eigenvalue weighted by Gasteiger charge is 2.10. The molecule has 6 heteroatoms. The molecule has 0 aliphatic carbocycles. The number of anilines is 1. The Hall–Kier alpha value is -1.46. The fraction of sp³-hybridized carbons (Fsp3) is 0.667. The normalized spacial score (nSPS) is 10.3. The Balaban J connectivity index is 2.64. The van der Waals surface area contributed by atoms with Gasteiger partial charge in [0.1, 0.15) is 0 Å². The number of aromatic nitrogens is 4. The van der Waals surface area contributed by atoms with Crippen LogP contribution in [0.2, 0.25) is 0 Å². The monoisotopic (exact) mass is 169 g/mol. The fourth-order valence-corrected chi connectivity index (χ4v) is 0.590. The van der Waals surface area contributed by atoms with Gasteiger partial charge in [0.25, 0.3) is 0 Å². The van der Waals surface area contributed by atoms with E-state index in [1.807, 2.05) is 0 Å². The molecule has 0 bridgehead atoms. The first-order valence-electron chi connectivity index (χ1n) is 3.64. The Labute approximate surface area is 70.0 Å². The summed E-state index contributed by atoms with van der Waals surface area (Å²) in [7, 11) is 1.66. The molecule has 66 valence electrons. The van der Waals surface area contributed by atoms with Crippen LogP contribution in [-0.4, -0.2) is 26.1 Å². The lowest BCUT2D eigenvalue weighted by atomic mass is 10.2. The van der Waals surface area contributed by atoms with Crippen molar-refractivity contribution in [2.24, 2.45) is 13.0 Å². The number of rotatable bonds is 2. The smallest absolute Gasteiger partial charge is 0.249 e. The first-order chi connectivity index (χ1) is 5.61. The third-order valence-corrected chi connectivity index (χ3v) is 1.38. The average Bonchev–Trinajstić information content (AvgIpc) is 2.36. The molecule has 6 nitrogen and oxygen atoms in total. The summed E-state index contributed by atoms with van der Waals surface area (Å²) in [6, 6.07) is 0. The van der Waals surface area contributed by atoms with Crippen LogP contribution in [0.15, 0.2) is 0 Å². The molecule has 1 rings (SSSR count). The number of tetrazole rings is 1. The summed E-state index contributed by atoms with van der Waals surface area (Å²) in [5.74, 6) is 0.211. The zero-order valence-corrected chi connectivity index (χ0v) is 7.27. The molecular weight excluding hydrogens is 158 g/mol. The number of aryl methyl sites for hydroxylation is 1. The largest absolute Gasteiger partial charge is 0.293 e. The lowest BCUT2D eigenvalue weighted by Crippen LogP contribution is -2.20. The third kappa shape index (κ3) is 1.77. The summed E-state index contributed by atoms with van der Waals surface area (Å²) >= 11 is 0. The Kier molecular flexibility index (Phi) is 2.37. The van der Waals surface area contributed by atoms with Crippen LogP contribution in [0.25, 0.3) is 0 Å². The van der Waals surface area contributed by atoms with Crippen molar-refractivity contribution in [3.8, 4) is 0 Å². The van der Waals surface area contributed by atoms with Gasteiger partial charge < -0.3 is 0 Å². The first-order valence-corrected chi connectivity index (χ1v) is 3.64. The van der Waals surface area contributed by atoms with Crippen molar-refractivity contribution in [1.29, 1.82) is 0 Å². The van der Waals surface area contributed by atoms with Gasteiger partial charge in [0.05, 0.1) is 0 Å². The zero-order chi connectivity index (χ0) is 9.14. The van der Waals surface area contributed by atoms with Gasteiger partial charge in [-0.2, -0.15) is 0 Å². The van der Waals surface area contributed by atoms with E-state index in [1.165, 1.54) is 4.68 Å². The SMILES string of the molecule is CC(C)C(=O)Nc1nnnn1C. The van der Waals surface area contributed by atoms with Gasteiger partial charge in [0.2, 0.25) is 11.9 Å². The number of nitrogens with one attached hydrogen (secondary N) is 1. The second-order valence-electron chi connectivity index (χ2n) is 2.77. The van der Waals surface area contributed by atoms with Crippen molar-refractivity contribution in [2.45, 2.75) is 13.8 Å². The van der Waals surface area contributed by atoms with E-state index in [2.05, 4.69) is 20.8 Å². The molecule has 12 heavy (non-hydrogen) atoms. The quantitative estimate of drug-likeness (QED) is 0.665. The van der Waals surface area contributed by atoms with E-state index < -0.39 is 0 Å². The highest BCUT2D eigenvalue weighted by Crippen LogP contribution is 2.00. The second kappa shape index (κ2) is 3.29. The lowest BCUT2D eigenvalue weighted by molar-refractivity contribution is -0.119. The van der Waals surface area contributed by atoms with Crippen LogP contribution in [0.5, 0.6) is 0 Å². The number of carbonyl (C=O) groups excluding carboxylic acids is 1. The minimum Gasteiger partial charge on any atom is -0.293 e. The van der Waals surface area contributed by atoms with Gasteiger partial charge in [-0.25, -0.2) is 4.68 Å². The zero-order valence-electron chi connectivity index (χ0n) is 7.27. The molecule has 0 aliphatic rings. The number of hydrogen-bond acceptors (Lipinski definition) is 4. The number of hydrogen-bond donors (Lipinski definition) is 1. The maximum Gasteiger partial charge on any atom is 0.249 e. The van der Waals surface area contributed by atoms with Crippen molar-refractivity contribution < 1.29 is 4.79 Å². The number of nitrogens with zero attached hydrogens (tertiary/aromatic N) is 4. The molecule has 1 N–H and O–H groups in total. The van der Waals surface area contributed by atoms with Gasteiger partial charge in [0.15, 0.2) is 0 Å². The van der Waals surface area contributed by atoms with E-state index in [-0.39, 0.29) is 11.8 Å². The molecule has 0 fully saturated rings. The van der Waals surface area contributed by atoms with E-state index in [1.54, 1.807) is 20.9 Å². The van der Waals surface area contributed by atoms with E-state index in [4.69, 9.17) is 0 Å². The number of carbonyl (C=O) groups is 1. The van der Waals surface area contributed by atoms with Crippen LogP contribution < -0.4 is 5.32 Å². The third-order valence-electron chi connectivity index (χ3n) is 1.38. The topological polar surface area (TPSA) is 72.7 Å². The van der Waals surface area contributed by atoms with E-state index in [0.717, 1.165) is 0 Å². The summed E-state index contributed by atoms with van der Waals surface area (Å²) in [6.07, 6.45) is 0. The molecule has 1 aromatic rings. The summed E-state index contributed by atoms with van der Waals surface area (Å²) in [4.78, 5) is 11.1. The Morgan fingerprint density at radius 1 is 1.58 bits per heavy atom. The Bertz CT molecular complexity index is 279. The van der Waals surface area contributed by atoms with Crippen LogP contribution in [-0.2, 0) is 11.8 Å². The van der Waals surface area contributed by atoms with Crippen LogP contribution >= 0.6 is 0 Å². The summed E-state index contributed by atoms with van der Waals surface area (Å²) in [5.41, 5.74) is 0. The molecule has 0 radical (unpaired) electrons. The van der Waals surface area contributed by atoms with Crippen molar-refractivity contribution in [3.63, 3.8) is 0 Å². The Morgan fingerprint density at radius 3 is 2.67 bits per heavy atom. The fourth-order valence-electron chi connectivity index (χ4n) is 0.590. The highest BCUT2D eigenvalue weighted by molar-refractivity contribution is 5.90. The minimum absolute atomic E-state index is 0.0679. The van der Waals surface area contributed by atoms with Gasteiger partial charge >= 0.3 is 0 Å². The van der Waals surface area contributed by atoms with Gasteiger partial charge in [-0.05, 0) is 10.4 Å². The maximum absolute atomic E-state index is 11.1. The molecule has 0 aromatic carbocycles. The summed E-state index contributed by atoms with van der Waals surface area (Å²) < 4.78 is 1.40. The number of amides is 1. The molecule has 1 amide bonds. The molecule has 1 aromatic heterocycles. The van der Waals surface area contributed by atoms with E-state index >= 15 is 0 Å². The van der Waals surface area contributed by atoms with Gasteiger partial charge in [-0.3, -0.25) is 10.1 Å². The molecule has 0 saturated carbocycles. The molecule has 0 atom stereocenters. The van der Waals surface area contributed by atoms with Crippen LogP contribution in [0.3, 0.4) is 0 Å². The van der Waals surface area contributed by atoms with E-state index in [9.17, 15) is 4.79 Å². The summed E-state index contributed by atoms with van der Waals surface area (Å²) in [5, 5.41) is 13.1. The molecule has 0 saturated heterocycles. The second-order valence-corrected chi connectivity index (χ2v) is 2.77. The first kappa shape index (κ1) is 8.63. The molecule has 0 spiro atoms. The molecular formula is C6H11N5O. The molecule has 1 heterocycles. The van der Waals surface area contributed by atoms with Crippen molar-refractivity contribution in [1.82, 2.24) is 20.2 Å². The predicted molar refractivity (Wildman–Crippen MR) is 42.3 cm³/mol. The standard InChI is InChI=1S/C6H11N5O/c1-4(2)5(12)7-6-8-9-10-11(6)3/h4H,1-3H3,(H,7,8,10,12). The van der Waals surface area contributed by atoms with Crippen molar-refractivity contribution in [2.75, 3.05) is 5.32 Å². The van der Waals surface area contributed by atoms with E-state index in [0.29, 0.717) is 5.95 Å². The highest BCUT2D eigenvalue weighted by atomic mass is 16.2. The molecule has 0 aliphatic heterocycles. The van der Waals surface area contributed by atoms with Crippen LogP contribution in [0, 0.1) is 5.92 Å². The predicted octanol–water partition coefficient (Wildman–Crippen LogP) is -0.195. The maximum atomic E-state index is 11.1. The van der Waals surface area contributed by atoms with Crippen LogP contribution in [0.1, 0.15) is 13.8 Å².